The van der Waals surface area contributed by atoms with Gasteiger partial charge >= 0.3 is 0 Å². The van der Waals surface area contributed by atoms with Gasteiger partial charge in [-0.05, 0) is 36.4 Å². The fraction of sp³-hybridized carbons (Fsp3) is 0.286. The molecule has 21 heavy (non-hydrogen) atoms. The summed E-state index contributed by atoms with van der Waals surface area (Å²) in [5, 5.41) is 3.60. The Morgan fingerprint density at radius 1 is 1.10 bits per heavy atom. The maximum Gasteiger partial charge on any atom is 0.274 e. The molecule has 0 aliphatic heterocycles. The third kappa shape index (κ3) is 4.57. The average Bonchev–Trinajstić information content (AvgIpc) is 2.94. The van der Waals surface area contributed by atoms with Crippen molar-refractivity contribution >= 4 is 21.6 Å². The SMILES string of the molecule is CCNCc1ccc(S(=O)(=O)NCc2ccc(Cl)cc2)o1. The molecule has 1 aromatic carbocycles. The minimum Gasteiger partial charge on any atom is -0.447 e. The highest BCUT2D eigenvalue weighted by Gasteiger charge is 2.18. The summed E-state index contributed by atoms with van der Waals surface area (Å²) in [6, 6.07) is 10.1. The highest BCUT2D eigenvalue weighted by Crippen LogP contribution is 2.15. The standard InChI is InChI=1S/C14H17ClN2O3S/c1-2-16-10-13-7-8-14(20-13)21(18,19)17-9-11-3-5-12(15)6-4-11/h3-8,16-17H,2,9-10H2,1H3. The molecule has 0 radical (unpaired) electrons. The topological polar surface area (TPSA) is 71.3 Å². The predicted octanol–water partition coefficient (Wildman–Crippen LogP) is 2.52. The fourth-order valence-electron chi connectivity index (χ4n) is 1.70. The van der Waals surface area contributed by atoms with E-state index >= 15 is 0 Å². The lowest BCUT2D eigenvalue weighted by Gasteiger charge is -2.04. The first-order valence-corrected chi connectivity index (χ1v) is 8.41. The summed E-state index contributed by atoms with van der Waals surface area (Å²) in [6.45, 7) is 3.44. The van der Waals surface area contributed by atoms with Crippen LogP contribution in [0.5, 0.6) is 0 Å². The molecular formula is C14H17ClN2O3S. The van der Waals surface area contributed by atoms with Crippen molar-refractivity contribution in [2.24, 2.45) is 0 Å². The molecule has 2 aromatic rings. The van der Waals surface area contributed by atoms with Crippen molar-refractivity contribution in [1.82, 2.24) is 10.0 Å². The molecule has 7 heteroatoms. The van der Waals surface area contributed by atoms with E-state index in [1.165, 1.54) is 6.07 Å². The zero-order valence-corrected chi connectivity index (χ0v) is 13.2. The van der Waals surface area contributed by atoms with Gasteiger partial charge in [0.1, 0.15) is 5.76 Å². The summed E-state index contributed by atoms with van der Waals surface area (Å²) in [5.41, 5.74) is 0.822. The third-order valence-electron chi connectivity index (χ3n) is 2.83. The smallest absolute Gasteiger partial charge is 0.274 e. The highest BCUT2D eigenvalue weighted by atomic mass is 35.5. The lowest BCUT2D eigenvalue weighted by atomic mass is 10.2. The molecule has 2 rings (SSSR count). The highest BCUT2D eigenvalue weighted by molar-refractivity contribution is 7.89. The second-order valence-electron chi connectivity index (χ2n) is 4.45. The van der Waals surface area contributed by atoms with E-state index in [0.29, 0.717) is 17.3 Å². The summed E-state index contributed by atoms with van der Waals surface area (Å²) < 4.78 is 32.0. The molecular weight excluding hydrogens is 312 g/mol. The van der Waals surface area contributed by atoms with E-state index < -0.39 is 10.0 Å². The molecule has 0 amide bonds. The number of nitrogens with one attached hydrogen (secondary N) is 2. The Kier molecular flexibility index (Phi) is 5.41. The van der Waals surface area contributed by atoms with Crippen molar-refractivity contribution in [2.75, 3.05) is 6.54 Å². The molecule has 0 saturated carbocycles. The monoisotopic (exact) mass is 328 g/mol. The van der Waals surface area contributed by atoms with Gasteiger partial charge in [0.2, 0.25) is 5.09 Å². The first-order chi connectivity index (χ1) is 10.0. The molecule has 0 unspecified atom stereocenters. The van der Waals surface area contributed by atoms with Gasteiger partial charge in [0.15, 0.2) is 0 Å². The molecule has 0 fully saturated rings. The Morgan fingerprint density at radius 3 is 2.48 bits per heavy atom. The molecule has 5 nitrogen and oxygen atoms in total. The predicted molar refractivity (Wildman–Crippen MR) is 81.6 cm³/mol. The van der Waals surface area contributed by atoms with Gasteiger partial charge in [-0.15, -0.1) is 0 Å². The van der Waals surface area contributed by atoms with Crippen LogP contribution >= 0.6 is 11.6 Å². The van der Waals surface area contributed by atoms with Gasteiger partial charge in [-0.3, -0.25) is 0 Å². The van der Waals surface area contributed by atoms with Crippen LogP contribution < -0.4 is 10.0 Å². The molecule has 2 N–H and O–H groups in total. The van der Waals surface area contributed by atoms with E-state index in [4.69, 9.17) is 16.0 Å². The van der Waals surface area contributed by atoms with Crippen molar-refractivity contribution < 1.29 is 12.8 Å². The van der Waals surface area contributed by atoms with Crippen molar-refractivity contribution in [2.45, 2.75) is 25.1 Å². The van der Waals surface area contributed by atoms with Crippen LogP contribution in [0.3, 0.4) is 0 Å². The quantitative estimate of drug-likeness (QED) is 0.819. The number of hydrogen-bond acceptors (Lipinski definition) is 4. The van der Waals surface area contributed by atoms with Gasteiger partial charge < -0.3 is 9.73 Å². The fourth-order valence-corrected chi connectivity index (χ4v) is 2.79. The Hall–Kier alpha value is -1.34. The number of benzene rings is 1. The maximum atomic E-state index is 12.1. The minimum atomic E-state index is -3.65. The van der Waals surface area contributed by atoms with Crippen molar-refractivity contribution in [3.05, 3.63) is 52.7 Å². The molecule has 0 atom stereocenters. The molecule has 0 aliphatic carbocycles. The number of sulfonamides is 1. The lowest BCUT2D eigenvalue weighted by molar-refractivity contribution is 0.401. The number of furan rings is 1. The van der Waals surface area contributed by atoms with Crippen LogP contribution in [-0.2, 0) is 23.1 Å². The summed E-state index contributed by atoms with van der Waals surface area (Å²) in [4.78, 5) is 0. The van der Waals surface area contributed by atoms with Crippen LogP contribution in [0.1, 0.15) is 18.2 Å². The number of halogens is 1. The van der Waals surface area contributed by atoms with E-state index in [2.05, 4.69) is 10.0 Å². The minimum absolute atomic E-state index is 0.0793. The third-order valence-corrected chi connectivity index (χ3v) is 4.36. The van der Waals surface area contributed by atoms with E-state index in [9.17, 15) is 8.42 Å². The van der Waals surface area contributed by atoms with Crippen LogP contribution in [0.25, 0.3) is 0 Å². The van der Waals surface area contributed by atoms with Crippen LogP contribution in [0.15, 0.2) is 45.9 Å². The summed E-state index contributed by atoms with van der Waals surface area (Å²) >= 11 is 5.78. The van der Waals surface area contributed by atoms with E-state index in [1.807, 2.05) is 6.92 Å². The van der Waals surface area contributed by atoms with Gasteiger partial charge in [-0.1, -0.05) is 30.7 Å². The lowest BCUT2D eigenvalue weighted by Crippen LogP contribution is -2.22. The second kappa shape index (κ2) is 7.09. The first-order valence-electron chi connectivity index (χ1n) is 6.55. The van der Waals surface area contributed by atoms with Crippen molar-refractivity contribution in [1.29, 1.82) is 0 Å². The van der Waals surface area contributed by atoms with Crippen LogP contribution in [-0.4, -0.2) is 15.0 Å². The van der Waals surface area contributed by atoms with Gasteiger partial charge in [0.25, 0.3) is 10.0 Å². The summed E-state index contributed by atoms with van der Waals surface area (Å²) in [5.74, 6) is 0.587. The van der Waals surface area contributed by atoms with Crippen molar-refractivity contribution in [3.63, 3.8) is 0 Å². The van der Waals surface area contributed by atoms with Crippen molar-refractivity contribution in [3.8, 4) is 0 Å². The van der Waals surface area contributed by atoms with Gasteiger partial charge in [-0.2, -0.15) is 0 Å². The number of hydrogen-bond donors (Lipinski definition) is 2. The summed E-state index contributed by atoms with van der Waals surface area (Å²) in [6.07, 6.45) is 0. The zero-order valence-electron chi connectivity index (χ0n) is 11.6. The van der Waals surface area contributed by atoms with Gasteiger partial charge in [-0.25, -0.2) is 13.1 Å². The normalized spacial score (nSPS) is 11.7. The Morgan fingerprint density at radius 2 is 1.81 bits per heavy atom. The number of rotatable bonds is 7. The molecule has 0 aliphatic rings. The van der Waals surface area contributed by atoms with Crippen LogP contribution in [0.2, 0.25) is 5.02 Å². The second-order valence-corrected chi connectivity index (χ2v) is 6.59. The Labute approximate surface area is 129 Å². The van der Waals surface area contributed by atoms with Gasteiger partial charge in [0.05, 0.1) is 6.54 Å². The van der Waals surface area contributed by atoms with E-state index in [-0.39, 0.29) is 11.6 Å². The molecule has 1 heterocycles. The van der Waals surface area contributed by atoms with Crippen LogP contribution in [0.4, 0.5) is 0 Å². The van der Waals surface area contributed by atoms with Gasteiger partial charge in [0, 0.05) is 11.6 Å². The Balaban J connectivity index is 2.00. The molecule has 0 spiro atoms. The molecule has 0 saturated heterocycles. The van der Waals surface area contributed by atoms with Crippen LogP contribution in [0, 0.1) is 0 Å². The van der Waals surface area contributed by atoms with E-state index in [0.717, 1.165) is 12.1 Å². The summed E-state index contributed by atoms with van der Waals surface area (Å²) in [7, 11) is -3.65. The Bertz CT molecular complexity index is 680. The molecule has 114 valence electrons. The zero-order chi connectivity index (χ0) is 15.3. The molecule has 0 bridgehead atoms. The maximum absolute atomic E-state index is 12.1. The first kappa shape index (κ1) is 16.0. The largest absolute Gasteiger partial charge is 0.447 e. The molecule has 1 aromatic heterocycles. The van der Waals surface area contributed by atoms with E-state index in [1.54, 1.807) is 30.3 Å². The average molecular weight is 329 g/mol.